The van der Waals surface area contributed by atoms with E-state index in [1.807, 2.05) is 13.8 Å². The molecule has 1 atom stereocenters. The number of nitrogens with zero attached hydrogens (tertiary/aromatic N) is 1. The molecule has 1 aromatic heterocycles. The second-order valence-corrected chi connectivity index (χ2v) is 5.10. The zero-order chi connectivity index (χ0) is 11.7. The number of hydrogen-bond acceptors (Lipinski definition) is 3. The number of nitrogens with one attached hydrogen (secondary N) is 1. The number of H-pyrrole nitrogens is 1. The molecule has 1 unspecified atom stereocenters. The van der Waals surface area contributed by atoms with Crippen LogP contribution in [-0.4, -0.2) is 16.6 Å². The first-order valence-corrected chi connectivity index (χ1v) is 6.62. The molecule has 0 bridgehead atoms. The Balaban J connectivity index is 2.36. The van der Waals surface area contributed by atoms with Crippen LogP contribution in [0.15, 0.2) is 4.79 Å². The molecule has 1 aliphatic carbocycles. The number of aromatic nitrogens is 2. The molecule has 1 aromatic rings. The Bertz CT molecular complexity index is 440. The second kappa shape index (κ2) is 4.83. The third-order valence-corrected chi connectivity index (χ3v) is 3.72. The van der Waals surface area contributed by atoms with Crippen molar-refractivity contribution in [2.75, 3.05) is 6.61 Å². The Hall–Kier alpha value is -0.430. The van der Waals surface area contributed by atoms with E-state index >= 15 is 0 Å². The lowest BCUT2D eigenvalue weighted by Crippen LogP contribution is -2.20. The van der Waals surface area contributed by atoms with E-state index in [0.29, 0.717) is 18.3 Å². The highest BCUT2D eigenvalue weighted by Crippen LogP contribution is 2.40. The van der Waals surface area contributed by atoms with Crippen molar-refractivity contribution in [2.24, 2.45) is 0 Å². The van der Waals surface area contributed by atoms with Gasteiger partial charge in [-0.15, -0.1) is 0 Å². The van der Waals surface area contributed by atoms with E-state index in [-0.39, 0.29) is 11.7 Å². The van der Waals surface area contributed by atoms with Gasteiger partial charge in [-0.05, 0) is 49.3 Å². The van der Waals surface area contributed by atoms with Crippen LogP contribution in [-0.2, 0) is 4.74 Å². The van der Waals surface area contributed by atoms with E-state index in [1.54, 1.807) is 0 Å². The highest BCUT2D eigenvalue weighted by Gasteiger charge is 2.29. The third kappa shape index (κ3) is 2.45. The van der Waals surface area contributed by atoms with Crippen molar-refractivity contribution >= 4 is 22.6 Å². The molecule has 0 saturated heterocycles. The Morgan fingerprint density at radius 2 is 2.31 bits per heavy atom. The van der Waals surface area contributed by atoms with Gasteiger partial charge >= 0.3 is 0 Å². The Morgan fingerprint density at radius 1 is 1.62 bits per heavy atom. The minimum atomic E-state index is -0.146. The average molecular weight is 334 g/mol. The van der Waals surface area contributed by atoms with Gasteiger partial charge in [0.1, 0.15) is 11.9 Å². The van der Waals surface area contributed by atoms with E-state index < -0.39 is 0 Å². The van der Waals surface area contributed by atoms with Gasteiger partial charge in [0.2, 0.25) is 0 Å². The predicted molar refractivity (Wildman–Crippen MR) is 69.6 cm³/mol. The fourth-order valence-electron chi connectivity index (χ4n) is 1.64. The lowest BCUT2D eigenvalue weighted by molar-refractivity contribution is 0.0696. The summed E-state index contributed by atoms with van der Waals surface area (Å²) in [6, 6.07) is 0. The van der Waals surface area contributed by atoms with Crippen LogP contribution in [0.4, 0.5) is 0 Å². The monoisotopic (exact) mass is 334 g/mol. The molecule has 16 heavy (non-hydrogen) atoms. The van der Waals surface area contributed by atoms with Crippen molar-refractivity contribution < 1.29 is 4.74 Å². The molecule has 1 aliphatic rings. The summed E-state index contributed by atoms with van der Waals surface area (Å²) in [6.45, 7) is 4.46. The SMILES string of the molecule is CCOC(C)c1nc(C2CC2)c(I)c(=O)[nH]1. The first-order valence-electron chi connectivity index (χ1n) is 5.54. The van der Waals surface area contributed by atoms with Gasteiger partial charge in [0.25, 0.3) is 5.56 Å². The van der Waals surface area contributed by atoms with Crippen molar-refractivity contribution in [3.8, 4) is 0 Å². The maximum Gasteiger partial charge on any atom is 0.264 e. The molecule has 0 amide bonds. The molecule has 0 aromatic carbocycles. The lowest BCUT2D eigenvalue weighted by atomic mass is 10.2. The van der Waals surface area contributed by atoms with E-state index in [9.17, 15) is 4.79 Å². The lowest BCUT2D eigenvalue weighted by Gasteiger charge is -2.12. The van der Waals surface area contributed by atoms with Gasteiger partial charge < -0.3 is 9.72 Å². The number of ether oxygens (including phenoxy) is 1. The van der Waals surface area contributed by atoms with Crippen LogP contribution in [0.5, 0.6) is 0 Å². The number of halogens is 1. The maximum atomic E-state index is 11.7. The molecule has 5 heteroatoms. The van der Waals surface area contributed by atoms with Gasteiger partial charge in [0.15, 0.2) is 0 Å². The summed E-state index contributed by atoms with van der Waals surface area (Å²) < 4.78 is 6.17. The molecule has 0 spiro atoms. The Kier molecular flexibility index (Phi) is 3.63. The van der Waals surface area contributed by atoms with Crippen LogP contribution in [0, 0.1) is 3.57 Å². The van der Waals surface area contributed by atoms with E-state index in [2.05, 4.69) is 32.6 Å². The summed E-state index contributed by atoms with van der Waals surface area (Å²) >= 11 is 2.07. The zero-order valence-electron chi connectivity index (χ0n) is 9.42. The number of rotatable bonds is 4. The minimum Gasteiger partial charge on any atom is -0.371 e. The largest absolute Gasteiger partial charge is 0.371 e. The minimum absolute atomic E-state index is 0.0425. The summed E-state index contributed by atoms with van der Waals surface area (Å²) in [6.07, 6.45) is 2.15. The molecule has 0 radical (unpaired) electrons. The molecular formula is C11H15IN2O2. The first kappa shape index (κ1) is 12.0. The Morgan fingerprint density at radius 3 is 2.88 bits per heavy atom. The van der Waals surface area contributed by atoms with Gasteiger partial charge in [0.05, 0.1) is 9.26 Å². The molecule has 2 rings (SSSR count). The third-order valence-electron chi connectivity index (χ3n) is 2.67. The summed E-state index contributed by atoms with van der Waals surface area (Å²) in [4.78, 5) is 19.1. The van der Waals surface area contributed by atoms with Gasteiger partial charge in [0, 0.05) is 12.5 Å². The standard InChI is InChI=1S/C11H15IN2O2/c1-3-16-6(2)10-13-9(7-4-5-7)8(12)11(15)14-10/h6-7H,3-5H2,1-2H3,(H,13,14,15). The second-order valence-electron chi connectivity index (χ2n) is 4.02. The van der Waals surface area contributed by atoms with Gasteiger partial charge in [-0.1, -0.05) is 0 Å². The van der Waals surface area contributed by atoms with Crippen molar-refractivity contribution in [1.29, 1.82) is 0 Å². The number of aromatic amines is 1. The molecule has 1 saturated carbocycles. The molecule has 1 heterocycles. The van der Waals surface area contributed by atoms with Gasteiger partial charge in [-0.2, -0.15) is 0 Å². The number of hydrogen-bond donors (Lipinski definition) is 1. The van der Waals surface area contributed by atoms with E-state index in [0.717, 1.165) is 22.1 Å². The summed E-state index contributed by atoms with van der Waals surface area (Å²) in [5.41, 5.74) is 0.907. The summed E-state index contributed by atoms with van der Waals surface area (Å²) in [5, 5.41) is 0. The van der Waals surface area contributed by atoms with E-state index in [1.165, 1.54) is 0 Å². The van der Waals surface area contributed by atoms with Gasteiger partial charge in [-0.25, -0.2) is 4.98 Å². The molecule has 88 valence electrons. The first-order chi connectivity index (χ1) is 7.63. The van der Waals surface area contributed by atoms with Gasteiger partial charge in [-0.3, -0.25) is 4.79 Å². The van der Waals surface area contributed by atoms with Crippen LogP contribution in [0.25, 0.3) is 0 Å². The Labute approximate surface area is 108 Å². The zero-order valence-corrected chi connectivity index (χ0v) is 11.6. The topological polar surface area (TPSA) is 55.0 Å². The molecule has 1 fully saturated rings. The van der Waals surface area contributed by atoms with Crippen molar-refractivity contribution in [3.05, 3.63) is 25.4 Å². The fourth-order valence-corrected chi connectivity index (χ4v) is 2.34. The fraction of sp³-hybridized carbons (Fsp3) is 0.636. The quantitative estimate of drug-likeness (QED) is 0.860. The van der Waals surface area contributed by atoms with Crippen LogP contribution < -0.4 is 5.56 Å². The maximum absolute atomic E-state index is 11.7. The molecular weight excluding hydrogens is 319 g/mol. The van der Waals surface area contributed by atoms with Crippen molar-refractivity contribution in [2.45, 2.75) is 38.7 Å². The predicted octanol–water partition coefficient (Wildman–Crippen LogP) is 2.35. The van der Waals surface area contributed by atoms with E-state index in [4.69, 9.17) is 4.74 Å². The summed E-state index contributed by atoms with van der Waals surface area (Å²) in [5.74, 6) is 1.14. The van der Waals surface area contributed by atoms with Crippen molar-refractivity contribution in [1.82, 2.24) is 9.97 Å². The van der Waals surface area contributed by atoms with Crippen LogP contribution in [0.3, 0.4) is 0 Å². The smallest absolute Gasteiger partial charge is 0.264 e. The highest BCUT2D eigenvalue weighted by molar-refractivity contribution is 14.1. The van der Waals surface area contributed by atoms with Crippen molar-refractivity contribution in [3.63, 3.8) is 0 Å². The summed E-state index contributed by atoms with van der Waals surface area (Å²) in [7, 11) is 0. The average Bonchev–Trinajstić information content (AvgIpc) is 3.06. The molecule has 4 nitrogen and oxygen atoms in total. The normalized spacial score (nSPS) is 17.4. The van der Waals surface area contributed by atoms with Crippen LogP contribution in [0.1, 0.15) is 50.2 Å². The van der Waals surface area contributed by atoms with Crippen LogP contribution in [0.2, 0.25) is 0 Å². The highest BCUT2D eigenvalue weighted by atomic mass is 127. The molecule has 0 aliphatic heterocycles. The molecule has 1 N–H and O–H groups in total. The van der Waals surface area contributed by atoms with Crippen LogP contribution >= 0.6 is 22.6 Å².